The van der Waals surface area contributed by atoms with Gasteiger partial charge in [-0.15, -0.1) is 5.10 Å². The fraction of sp³-hybridized carbons (Fsp3) is 0.556. The standard InChI is InChI=1S/C18H26N6O/c1-13(2)23-11-16(19-12-23)9-18(25)22-7-8-24(15(4)10-22)17-6-5-14(3)20-21-17/h5-6,11-13,15H,7-10H2,1-4H3/t15-/m0/s1. The maximum Gasteiger partial charge on any atom is 0.228 e. The Kier molecular flexibility index (Phi) is 5.01. The van der Waals surface area contributed by atoms with Crippen LogP contribution in [-0.2, 0) is 11.2 Å². The van der Waals surface area contributed by atoms with E-state index in [9.17, 15) is 4.79 Å². The van der Waals surface area contributed by atoms with Crippen LogP contribution in [0.15, 0.2) is 24.7 Å². The molecule has 134 valence electrons. The van der Waals surface area contributed by atoms with Gasteiger partial charge in [0.05, 0.1) is 24.1 Å². The van der Waals surface area contributed by atoms with Gasteiger partial charge >= 0.3 is 0 Å². The van der Waals surface area contributed by atoms with Gasteiger partial charge in [-0.3, -0.25) is 4.79 Å². The highest BCUT2D eigenvalue weighted by molar-refractivity contribution is 5.78. The predicted molar refractivity (Wildman–Crippen MR) is 96.5 cm³/mol. The first-order valence-corrected chi connectivity index (χ1v) is 8.81. The van der Waals surface area contributed by atoms with E-state index in [1.54, 1.807) is 6.33 Å². The minimum Gasteiger partial charge on any atom is -0.349 e. The summed E-state index contributed by atoms with van der Waals surface area (Å²) in [5.41, 5.74) is 1.74. The van der Waals surface area contributed by atoms with E-state index in [0.717, 1.165) is 23.8 Å². The minimum atomic E-state index is 0.135. The van der Waals surface area contributed by atoms with E-state index in [-0.39, 0.29) is 11.9 Å². The number of carbonyl (C=O) groups is 1. The van der Waals surface area contributed by atoms with Crippen molar-refractivity contribution < 1.29 is 4.79 Å². The predicted octanol–water partition coefficient (Wildman–Crippen LogP) is 1.84. The fourth-order valence-corrected chi connectivity index (χ4v) is 3.09. The molecule has 0 spiro atoms. The monoisotopic (exact) mass is 342 g/mol. The first-order valence-electron chi connectivity index (χ1n) is 8.81. The first-order chi connectivity index (χ1) is 11.9. The van der Waals surface area contributed by atoms with Crippen LogP contribution in [0.1, 0.15) is 38.2 Å². The number of hydrogen-bond donors (Lipinski definition) is 0. The summed E-state index contributed by atoms with van der Waals surface area (Å²) in [7, 11) is 0. The summed E-state index contributed by atoms with van der Waals surface area (Å²) in [5.74, 6) is 1.01. The SMILES string of the molecule is Cc1ccc(N2CCN(C(=O)Cc3cn(C(C)C)cn3)C[C@@H]2C)nn1. The van der Waals surface area contributed by atoms with Crippen LogP contribution in [0, 0.1) is 6.92 Å². The van der Waals surface area contributed by atoms with Crippen LogP contribution < -0.4 is 4.90 Å². The molecule has 0 radical (unpaired) electrons. The summed E-state index contributed by atoms with van der Waals surface area (Å²) in [6, 6.07) is 4.53. The van der Waals surface area contributed by atoms with Crippen LogP contribution in [0.5, 0.6) is 0 Å². The lowest BCUT2D eigenvalue weighted by Crippen LogP contribution is -2.54. The van der Waals surface area contributed by atoms with Crippen LogP contribution in [0.2, 0.25) is 0 Å². The molecule has 1 fully saturated rings. The molecule has 7 heteroatoms. The topological polar surface area (TPSA) is 67.2 Å². The number of imidazole rings is 1. The Bertz CT molecular complexity index is 723. The third kappa shape index (κ3) is 3.97. The van der Waals surface area contributed by atoms with E-state index in [1.165, 1.54) is 0 Å². The molecule has 0 unspecified atom stereocenters. The van der Waals surface area contributed by atoms with Crippen molar-refractivity contribution in [2.45, 2.75) is 46.2 Å². The molecule has 1 aliphatic rings. The Balaban J connectivity index is 1.59. The van der Waals surface area contributed by atoms with Gasteiger partial charge in [-0.2, -0.15) is 5.10 Å². The van der Waals surface area contributed by atoms with Crippen molar-refractivity contribution in [1.82, 2.24) is 24.6 Å². The number of aryl methyl sites for hydroxylation is 1. The second-order valence-corrected chi connectivity index (χ2v) is 7.00. The summed E-state index contributed by atoms with van der Waals surface area (Å²) >= 11 is 0. The van der Waals surface area contributed by atoms with Gasteiger partial charge in [-0.25, -0.2) is 4.98 Å². The van der Waals surface area contributed by atoms with Crippen molar-refractivity contribution >= 4 is 11.7 Å². The molecule has 7 nitrogen and oxygen atoms in total. The van der Waals surface area contributed by atoms with E-state index in [0.29, 0.717) is 25.6 Å². The van der Waals surface area contributed by atoms with E-state index < -0.39 is 0 Å². The molecule has 0 aliphatic carbocycles. The molecule has 2 aromatic heterocycles. The van der Waals surface area contributed by atoms with Crippen molar-refractivity contribution in [2.24, 2.45) is 0 Å². The Morgan fingerprint density at radius 1 is 1.28 bits per heavy atom. The first kappa shape index (κ1) is 17.4. The summed E-state index contributed by atoms with van der Waals surface area (Å²) < 4.78 is 2.03. The van der Waals surface area contributed by atoms with Crippen molar-refractivity contribution in [3.63, 3.8) is 0 Å². The zero-order valence-electron chi connectivity index (χ0n) is 15.4. The van der Waals surface area contributed by atoms with Gasteiger partial charge in [0.15, 0.2) is 5.82 Å². The number of hydrogen-bond acceptors (Lipinski definition) is 5. The average Bonchev–Trinajstić information content (AvgIpc) is 3.04. The molecule has 1 amide bonds. The number of nitrogens with zero attached hydrogens (tertiary/aromatic N) is 6. The molecule has 25 heavy (non-hydrogen) atoms. The smallest absolute Gasteiger partial charge is 0.228 e. The number of carbonyl (C=O) groups excluding carboxylic acids is 1. The molecule has 3 rings (SSSR count). The normalized spacial score (nSPS) is 18.0. The van der Waals surface area contributed by atoms with Gasteiger partial charge in [0.1, 0.15) is 0 Å². The Morgan fingerprint density at radius 3 is 2.68 bits per heavy atom. The molecule has 3 heterocycles. The summed E-state index contributed by atoms with van der Waals surface area (Å²) in [6.07, 6.45) is 4.12. The van der Waals surface area contributed by atoms with E-state index in [1.807, 2.05) is 34.7 Å². The van der Waals surface area contributed by atoms with Gasteiger partial charge in [-0.05, 0) is 39.8 Å². The highest BCUT2D eigenvalue weighted by atomic mass is 16.2. The molecule has 0 bridgehead atoms. The van der Waals surface area contributed by atoms with Crippen molar-refractivity contribution in [1.29, 1.82) is 0 Å². The van der Waals surface area contributed by atoms with Crippen molar-refractivity contribution in [2.75, 3.05) is 24.5 Å². The number of aromatic nitrogens is 4. The number of piperazine rings is 1. The summed E-state index contributed by atoms with van der Waals surface area (Å²) in [4.78, 5) is 21.1. The van der Waals surface area contributed by atoms with Gasteiger partial charge in [0.25, 0.3) is 0 Å². The number of amides is 1. The quantitative estimate of drug-likeness (QED) is 0.848. The average molecular weight is 342 g/mol. The zero-order valence-corrected chi connectivity index (χ0v) is 15.4. The van der Waals surface area contributed by atoms with Gasteiger partial charge in [0, 0.05) is 37.9 Å². The fourth-order valence-electron chi connectivity index (χ4n) is 3.09. The van der Waals surface area contributed by atoms with Crippen LogP contribution in [0.4, 0.5) is 5.82 Å². The lowest BCUT2D eigenvalue weighted by atomic mass is 10.1. The van der Waals surface area contributed by atoms with Crippen molar-refractivity contribution in [3.05, 3.63) is 36.0 Å². The molecule has 1 saturated heterocycles. The largest absolute Gasteiger partial charge is 0.349 e. The molecular formula is C18H26N6O. The molecule has 1 atom stereocenters. The van der Waals surface area contributed by atoms with Gasteiger partial charge in [-0.1, -0.05) is 0 Å². The third-order valence-corrected chi connectivity index (χ3v) is 4.64. The molecule has 0 aromatic carbocycles. The van der Waals surface area contributed by atoms with E-state index in [4.69, 9.17) is 0 Å². The highest BCUT2D eigenvalue weighted by Gasteiger charge is 2.28. The molecular weight excluding hydrogens is 316 g/mol. The lowest BCUT2D eigenvalue weighted by molar-refractivity contribution is -0.131. The molecule has 2 aromatic rings. The Labute approximate surface area is 148 Å². The lowest BCUT2D eigenvalue weighted by Gasteiger charge is -2.40. The zero-order chi connectivity index (χ0) is 18.0. The van der Waals surface area contributed by atoms with Crippen LogP contribution in [0.25, 0.3) is 0 Å². The second-order valence-electron chi connectivity index (χ2n) is 7.00. The highest BCUT2D eigenvalue weighted by Crippen LogP contribution is 2.18. The van der Waals surface area contributed by atoms with Gasteiger partial charge < -0.3 is 14.4 Å². The van der Waals surface area contributed by atoms with E-state index >= 15 is 0 Å². The van der Waals surface area contributed by atoms with Crippen LogP contribution in [-0.4, -0.2) is 56.2 Å². The maximum absolute atomic E-state index is 12.6. The second kappa shape index (κ2) is 7.21. The molecule has 1 aliphatic heterocycles. The Hall–Kier alpha value is -2.44. The van der Waals surface area contributed by atoms with E-state index in [2.05, 4.69) is 40.9 Å². The molecule has 0 saturated carbocycles. The third-order valence-electron chi connectivity index (χ3n) is 4.64. The van der Waals surface area contributed by atoms with Crippen molar-refractivity contribution in [3.8, 4) is 0 Å². The van der Waals surface area contributed by atoms with Gasteiger partial charge in [0.2, 0.25) is 5.91 Å². The number of rotatable bonds is 4. The minimum absolute atomic E-state index is 0.135. The summed E-state index contributed by atoms with van der Waals surface area (Å²) in [6.45, 7) is 10.4. The van der Waals surface area contributed by atoms with Crippen LogP contribution >= 0.6 is 0 Å². The van der Waals surface area contributed by atoms with Crippen LogP contribution in [0.3, 0.4) is 0 Å². The number of anilines is 1. The summed E-state index contributed by atoms with van der Waals surface area (Å²) in [5, 5.41) is 8.40. The Morgan fingerprint density at radius 2 is 2.08 bits per heavy atom. The maximum atomic E-state index is 12.6. The molecule has 0 N–H and O–H groups in total.